The first-order valence-electron chi connectivity index (χ1n) is 8.96. The number of alkyl halides is 3. The highest BCUT2D eigenvalue weighted by Crippen LogP contribution is 2.41. The highest BCUT2D eigenvalue weighted by molar-refractivity contribution is 5.80. The summed E-state index contributed by atoms with van der Waals surface area (Å²) in [5, 5.41) is 0.897. The van der Waals surface area contributed by atoms with Gasteiger partial charge in [-0.05, 0) is 66.0 Å². The zero-order valence-electron chi connectivity index (χ0n) is 15.6. The number of hydrogen-bond acceptors (Lipinski definition) is 0. The monoisotopic (exact) mass is 377 g/mol. The van der Waals surface area contributed by atoms with Gasteiger partial charge in [0.15, 0.2) is 0 Å². The molecule has 1 atom stereocenters. The van der Waals surface area contributed by atoms with Crippen molar-refractivity contribution < 1.29 is 17.6 Å². The van der Waals surface area contributed by atoms with E-state index in [4.69, 9.17) is 0 Å². The molecular weight excluding hydrogens is 354 g/mol. The summed E-state index contributed by atoms with van der Waals surface area (Å²) in [4.78, 5) is 3.08. The molecule has 5 heteroatoms. The molecule has 3 rings (SSSR count). The van der Waals surface area contributed by atoms with Gasteiger partial charge in [0.1, 0.15) is 5.82 Å². The van der Waals surface area contributed by atoms with Gasteiger partial charge in [0, 0.05) is 11.2 Å². The molecule has 1 N–H and O–H groups in total. The van der Waals surface area contributed by atoms with E-state index in [0.29, 0.717) is 11.3 Å². The lowest BCUT2D eigenvalue weighted by molar-refractivity contribution is -0.179. The Morgan fingerprint density at radius 3 is 2.37 bits per heavy atom. The molecule has 1 aromatic heterocycles. The van der Waals surface area contributed by atoms with Gasteiger partial charge >= 0.3 is 6.18 Å². The maximum atomic E-state index is 13.8. The predicted molar refractivity (Wildman–Crippen MR) is 100 cm³/mol. The summed E-state index contributed by atoms with van der Waals surface area (Å²) < 4.78 is 55.1. The van der Waals surface area contributed by atoms with Crippen molar-refractivity contribution in [3.05, 3.63) is 71.2 Å². The zero-order valence-corrected chi connectivity index (χ0v) is 15.6. The Kier molecular flexibility index (Phi) is 5.06. The van der Waals surface area contributed by atoms with E-state index >= 15 is 0 Å². The largest absolute Gasteiger partial charge is 0.392 e. The van der Waals surface area contributed by atoms with Crippen molar-refractivity contribution in [3.8, 4) is 0 Å². The van der Waals surface area contributed by atoms with Crippen LogP contribution < -0.4 is 0 Å². The van der Waals surface area contributed by atoms with Crippen LogP contribution in [0.15, 0.2) is 48.5 Å². The van der Waals surface area contributed by atoms with Crippen LogP contribution in [0, 0.1) is 18.7 Å². The van der Waals surface area contributed by atoms with Crippen molar-refractivity contribution in [2.75, 3.05) is 0 Å². The van der Waals surface area contributed by atoms with E-state index < -0.39 is 23.3 Å². The molecule has 144 valence electrons. The van der Waals surface area contributed by atoms with Crippen LogP contribution >= 0.6 is 0 Å². The van der Waals surface area contributed by atoms with Crippen molar-refractivity contribution in [1.29, 1.82) is 0 Å². The fraction of sp³-hybridized carbons (Fsp3) is 0.364. The second-order valence-corrected chi connectivity index (χ2v) is 7.87. The first-order chi connectivity index (χ1) is 12.6. The molecule has 0 bridgehead atoms. The highest BCUT2D eigenvalue weighted by Gasteiger charge is 2.43. The van der Waals surface area contributed by atoms with Crippen molar-refractivity contribution in [2.24, 2.45) is 5.92 Å². The number of rotatable bonds is 5. The van der Waals surface area contributed by atoms with Gasteiger partial charge < -0.3 is 4.98 Å². The third-order valence-electron chi connectivity index (χ3n) is 5.20. The van der Waals surface area contributed by atoms with Crippen LogP contribution in [0.2, 0.25) is 0 Å². The third kappa shape index (κ3) is 4.34. The Morgan fingerprint density at radius 1 is 1.00 bits per heavy atom. The molecule has 0 radical (unpaired) electrons. The van der Waals surface area contributed by atoms with Crippen LogP contribution in [0.5, 0.6) is 0 Å². The quantitative estimate of drug-likeness (QED) is 0.476. The number of H-pyrrole nitrogens is 1. The van der Waals surface area contributed by atoms with Crippen molar-refractivity contribution >= 4 is 10.9 Å². The Morgan fingerprint density at radius 2 is 1.70 bits per heavy atom. The van der Waals surface area contributed by atoms with Crippen LogP contribution in [0.25, 0.3) is 10.9 Å². The number of aromatic amines is 1. The summed E-state index contributed by atoms with van der Waals surface area (Å²) in [6.07, 6.45) is -4.58. The Labute approximate surface area is 156 Å². The van der Waals surface area contributed by atoms with Crippen LogP contribution in [-0.4, -0.2) is 11.2 Å². The van der Waals surface area contributed by atoms with Crippen LogP contribution in [0.4, 0.5) is 17.6 Å². The molecule has 1 nitrogen and oxygen atoms in total. The maximum absolute atomic E-state index is 13.8. The molecule has 0 saturated heterocycles. The first kappa shape index (κ1) is 19.5. The lowest BCUT2D eigenvalue weighted by atomic mass is 9.74. The molecule has 0 aliphatic carbocycles. The van der Waals surface area contributed by atoms with E-state index in [1.54, 1.807) is 32.9 Å². The topological polar surface area (TPSA) is 15.8 Å². The summed E-state index contributed by atoms with van der Waals surface area (Å²) in [5.41, 5.74) is 2.00. The van der Waals surface area contributed by atoms with Gasteiger partial charge in [0.2, 0.25) is 0 Å². The van der Waals surface area contributed by atoms with Crippen molar-refractivity contribution in [2.45, 2.75) is 45.2 Å². The van der Waals surface area contributed by atoms with Gasteiger partial charge in [-0.15, -0.1) is 0 Å². The average molecular weight is 377 g/mol. The molecular formula is C22H23F4N. The second kappa shape index (κ2) is 7.02. The second-order valence-electron chi connectivity index (χ2n) is 7.87. The number of fused-ring (bicyclic) bond motifs is 1. The standard InChI is InChI=1S/C22H23F4N/c1-14-8-9-17(23)12-19(14)21(2,3)13-16(22(24,25)26)11-18-10-15-6-4-5-7-20(15)27-18/h4-10,12,16,27H,11,13H2,1-3H3. The van der Waals surface area contributed by atoms with Crippen LogP contribution in [0.1, 0.15) is 37.1 Å². The first-order valence-corrected chi connectivity index (χ1v) is 8.96. The molecule has 1 unspecified atom stereocenters. The molecule has 3 aromatic rings. The number of aromatic nitrogens is 1. The molecule has 0 amide bonds. The van der Waals surface area contributed by atoms with E-state index in [1.165, 1.54) is 12.1 Å². The zero-order chi connectivity index (χ0) is 19.8. The third-order valence-corrected chi connectivity index (χ3v) is 5.20. The fourth-order valence-corrected chi connectivity index (χ4v) is 3.86. The molecule has 1 heterocycles. The normalized spacial score (nSPS) is 13.9. The fourth-order valence-electron chi connectivity index (χ4n) is 3.86. The van der Waals surface area contributed by atoms with Crippen molar-refractivity contribution in [3.63, 3.8) is 0 Å². The lowest BCUT2D eigenvalue weighted by Crippen LogP contribution is -2.33. The van der Waals surface area contributed by atoms with E-state index in [9.17, 15) is 17.6 Å². The van der Waals surface area contributed by atoms with Gasteiger partial charge in [-0.2, -0.15) is 13.2 Å². The number of halogens is 4. The summed E-state index contributed by atoms with van der Waals surface area (Å²) in [6.45, 7) is 5.30. The molecule has 2 aromatic carbocycles. The van der Waals surface area contributed by atoms with Gasteiger partial charge in [0.25, 0.3) is 0 Å². The molecule has 0 aliphatic rings. The molecule has 0 fully saturated rings. The smallest absolute Gasteiger partial charge is 0.358 e. The van der Waals surface area contributed by atoms with E-state index in [1.807, 2.05) is 24.3 Å². The van der Waals surface area contributed by atoms with Crippen molar-refractivity contribution in [1.82, 2.24) is 4.98 Å². The van der Waals surface area contributed by atoms with E-state index in [-0.39, 0.29) is 12.8 Å². The summed E-state index contributed by atoms with van der Waals surface area (Å²) in [5.74, 6) is -1.95. The average Bonchev–Trinajstić information content (AvgIpc) is 2.97. The Bertz CT molecular complexity index is 904. The summed E-state index contributed by atoms with van der Waals surface area (Å²) in [6, 6.07) is 13.5. The molecule has 0 aliphatic heterocycles. The van der Waals surface area contributed by atoms with Gasteiger partial charge in [-0.25, -0.2) is 4.39 Å². The number of aryl methyl sites for hydroxylation is 1. The van der Waals surface area contributed by atoms with E-state index in [2.05, 4.69) is 4.98 Å². The Hall–Kier alpha value is -2.30. The number of benzene rings is 2. The highest BCUT2D eigenvalue weighted by atomic mass is 19.4. The summed E-state index contributed by atoms with van der Waals surface area (Å²) in [7, 11) is 0. The molecule has 27 heavy (non-hydrogen) atoms. The van der Waals surface area contributed by atoms with Gasteiger partial charge in [-0.3, -0.25) is 0 Å². The molecule has 0 spiro atoms. The number of hydrogen-bond donors (Lipinski definition) is 1. The SMILES string of the molecule is Cc1ccc(F)cc1C(C)(C)CC(Cc1cc2ccccc2[nH]1)C(F)(F)F. The minimum atomic E-state index is -4.34. The van der Waals surface area contributed by atoms with Crippen LogP contribution in [-0.2, 0) is 11.8 Å². The summed E-state index contributed by atoms with van der Waals surface area (Å²) >= 11 is 0. The van der Waals surface area contributed by atoms with Crippen LogP contribution in [0.3, 0.4) is 0 Å². The number of nitrogens with one attached hydrogen (secondary N) is 1. The van der Waals surface area contributed by atoms with E-state index in [0.717, 1.165) is 16.5 Å². The minimum Gasteiger partial charge on any atom is -0.358 e. The predicted octanol–water partition coefficient (Wildman–Crippen LogP) is 6.70. The Balaban J connectivity index is 1.89. The van der Waals surface area contributed by atoms with Gasteiger partial charge in [0.05, 0.1) is 5.92 Å². The maximum Gasteiger partial charge on any atom is 0.392 e. The minimum absolute atomic E-state index is 0.115. The number of para-hydroxylation sites is 1. The lowest BCUT2D eigenvalue weighted by Gasteiger charge is -2.32. The molecule has 0 saturated carbocycles. The van der Waals surface area contributed by atoms with Gasteiger partial charge in [-0.1, -0.05) is 38.1 Å².